The molecule has 4 rings (SSSR count). The van der Waals surface area contributed by atoms with E-state index in [0.29, 0.717) is 47.8 Å². The number of halogens is 1. The maximum atomic E-state index is 12.6. The fourth-order valence-corrected chi connectivity index (χ4v) is 3.81. The number of carbonyl (C=O) groups excluding carboxylic acids is 3. The van der Waals surface area contributed by atoms with Gasteiger partial charge in [-0.25, -0.2) is 0 Å². The van der Waals surface area contributed by atoms with Gasteiger partial charge in [-0.3, -0.25) is 19.3 Å². The van der Waals surface area contributed by atoms with Crippen LogP contribution in [0.15, 0.2) is 48.5 Å². The molecule has 0 atom stereocenters. The second-order valence-corrected chi connectivity index (χ2v) is 7.32. The molecule has 144 valence electrons. The van der Waals surface area contributed by atoms with Gasteiger partial charge in [0.1, 0.15) is 5.75 Å². The lowest BCUT2D eigenvalue weighted by Gasteiger charge is -2.35. The topological polar surface area (TPSA) is 66.9 Å². The van der Waals surface area contributed by atoms with Gasteiger partial charge in [0.2, 0.25) is 0 Å². The zero-order valence-corrected chi connectivity index (χ0v) is 15.9. The van der Waals surface area contributed by atoms with Crippen molar-refractivity contribution in [3.05, 3.63) is 64.7 Å². The number of fused-ring (bicyclic) bond motifs is 1. The second kappa shape index (κ2) is 7.64. The van der Waals surface area contributed by atoms with Crippen molar-refractivity contribution in [3.63, 3.8) is 0 Å². The summed E-state index contributed by atoms with van der Waals surface area (Å²) in [5.41, 5.74) is 0.921. The van der Waals surface area contributed by atoms with E-state index in [1.165, 1.54) is 4.90 Å². The molecule has 1 saturated heterocycles. The van der Waals surface area contributed by atoms with Crippen LogP contribution < -0.4 is 4.74 Å². The molecule has 0 aromatic heterocycles. The Kier molecular flexibility index (Phi) is 5.05. The van der Waals surface area contributed by atoms with E-state index < -0.39 is 0 Å². The van der Waals surface area contributed by atoms with Gasteiger partial charge in [-0.15, -0.1) is 0 Å². The lowest BCUT2D eigenvalue weighted by molar-refractivity contribution is -0.134. The molecule has 28 heavy (non-hydrogen) atoms. The van der Waals surface area contributed by atoms with E-state index in [2.05, 4.69) is 0 Å². The van der Waals surface area contributed by atoms with E-state index in [1.807, 2.05) is 0 Å². The molecule has 2 aliphatic rings. The molecule has 0 N–H and O–H groups in total. The van der Waals surface area contributed by atoms with Gasteiger partial charge in [0.05, 0.1) is 11.1 Å². The van der Waals surface area contributed by atoms with E-state index in [4.69, 9.17) is 16.3 Å². The average Bonchev–Trinajstić information content (AvgIpc) is 2.98. The van der Waals surface area contributed by atoms with Gasteiger partial charge in [0.15, 0.2) is 6.61 Å². The minimum Gasteiger partial charge on any atom is -0.484 e. The number of hydrogen-bond acceptors (Lipinski definition) is 4. The molecule has 6 nitrogen and oxygen atoms in total. The van der Waals surface area contributed by atoms with E-state index in [-0.39, 0.29) is 30.4 Å². The average molecular weight is 399 g/mol. The summed E-state index contributed by atoms with van der Waals surface area (Å²) in [7, 11) is 0. The fraction of sp³-hybridized carbons (Fsp3) is 0.286. The molecule has 0 bridgehead atoms. The first-order valence-electron chi connectivity index (χ1n) is 9.17. The Morgan fingerprint density at radius 3 is 2.11 bits per heavy atom. The number of nitrogens with zero attached hydrogens (tertiary/aromatic N) is 2. The molecule has 0 radical (unpaired) electrons. The molecular formula is C21H19ClN2O4. The minimum absolute atomic E-state index is 0.0562. The van der Waals surface area contributed by atoms with Gasteiger partial charge in [-0.2, -0.15) is 0 Å². The molecule has 0 spiro atoms. The number of imide groups is 1. The lowest BCUT2D eigenvalue weighted by Crippen LogP contribution is -2.49. The summed E-state index contributed by atoms with van der Waals surface area (Å²) in [4.78, 5) is 40.7. The highest BCUT2D eigenvalue weighted by Gasteiger charge is 2.41. The SMILES string of the molecule is O=C(COc1ccc(Cl)cc1)N1CCC(N2C(=O)c3ccccc3C2=O)CC1. The summed E-state index contributed by atoms with van der Waals surface area (Å²) in [5, 5.41) is 0.605. The van der Waals surface area contributed by atoms with E-state index in [0.717, 1.165) is 0 Å². The molecular weight excluding hydrogens is 380 g/mol. The lowest BCUT2D eigenvalue weighted by atomic mass is 10.0. The molecule has 7 heteroatoms. The second-order valence-electron chi connectivity index (χ2n) is 6.88. The van der Waals surface area contributed by atoms with Gasteiger partial charge in [0, 0.05) is 24.2 Å². The Morgan fingerprint density at radius 2 is 1.54 bits per heavy atom. The van der Waals surface area contributed by atoms with Crippen LogP contribution in [0.4, 0.5) is 0 Å². The third kappa shape index (κ3) is 3.47. The standard InChI is InChI=1S/C21H19ClN2O4/c22-14-5-7-16(8-6-14)28-13-19(25)23-11-9-15(10-12-23)24-20(26)17-3-1-2-4-18(17)21(24)27/h1-8,15H,9-13H2. The predicted octanol–water partition coefficient (Wildman–Crippen LogP) is 3.01. The molecule has 2 aliphatic heterocycles. The van der Waals surface area contributed by atoms with Crippen molar-refractivity contribution in [3.8, 4) is 5.75 Å². The Balaban J connectivity index is 1.32. The number of amides is 3. The zero-order chi connectivity index (χ0) is 19.7. The maximum absolute atomic E-state index is 12.6. The summed E-state index contributed by atoms with van der Waals surface area (Å²) in [6.07, 6.45) is 1.14. The van der Waals surface area contributed by atoms with Crippen LogP contribution in [-0.4, -0.2) is 53.3 Å². The van der Waals surface area contributed by atoms with Crippen LogP contribution in [0.2, 0.25) is 5.02 Å². The first kappa shape index (κ1) is 18.5. The molecule has 0 aliphatic carbocycles. The highest BCUT2D eigenvalue weighted by atomic mass is 35.5. The predicted molar refractivity (Wildman–Crippen MR) is 103 cm³/mol. The quantitative estimate of drug-likeness (QED) is 0.742. The maximum Gasteiger partial charge on any atom is 0.261 e. The number of hydrogen-bond donors (Lipinski definition) is 0. The van der Waals surface area contributed by atoms with E-state index >= 15 is 0 Å². The van der Waals surface area contributed by atoms with Crippen LogP contribution in [0, 0.1) is 0 Å². The van der Waals surface area contributed by atoms with E-state index in [1.54, 1.807) is 53.4 Å². The van der Waals surface area contributed by atoms with Crippen LogP contribution in [0.1, 0.15) is 33.6 Å². The summed E-state index contributed by atoms with van der Waals surface area (Å²) in [6.45, 7) is 0.918. The fourth-order valence-electron chi connectivity index (χ4n) is 3.68. The summed E-state index contributed by atoms with van der Waals surface area (Å²) in [6, 6.07) is 13.5. The number of piperidine rings is 1. The molecule has 2 heterocycles. The van der Waals surface area contributed by atoms with Crippen LogP contribution in [0.5, 0.6) is 5.75 Å². The smallest absolute Gasteiger partial charge is 0.261 e. The Hall–Kier alpha value is -2.86. The van der Waals surface area contributed by atoms with Crippen molar-refractivity contribution in [1.82, 2.24) is 9.80 Å². The van der Waals surface area contributed by atoms with Crippen LogP contribution in [0.25, 0.3) is 0 Å². The van der Waals surface area contributed by atoms with Gasteiger partial charge in [0.25, 0.3) is 17.7 Å². The molecule has 0 unspecified atom stereocenters. The molecule has 0 saturated carbocycles. The van der Waals surface area contributed by atoms with Crippen molar-refractivity contribution in [1.29, 1.82) is 0 Å². The zero-order valence-electron chi connectivity index (χ0n) is 15.1. The van der Waals surface area contributed by atoms with Crippen molar-refractivity contribution in [2.45, 2.75) is 18.9 Å². The highest BCUT2D eigenvalue weighted by molar-refractivity contribution is 6.30. The number of rotatable bonds is 4. The summed E-state index contributed by atoms with van der Waals surface area (Å²) >= 11 is 5.83. The molecule has 3 amide bonds. The first-order valence-corrected chi connectivity index (χ1v) is 9.55. The van der Waals surface area contributed by atoms with E-state index in [9.17, 15) is 14.4 Å². The van der Waals surface area contributed by atoms with Crippen molar-refractivity contribution < 1.29 is 19.1 Å². The van der Waals surface area contributed by atoms with Gasteiger partial charge < -0.3 is 9.64 Å². The third-order valence-electron chi connectivity index (χ3n) is 5.18. The van der Waals surface area contributed by atoms with Crippen LogP contribution in [0.3, 0.4) is 0 Å². The van der Waals surface area contributed by atoms with Gasteiger partial charge in [-0.05, 0) is 49.2 Å². The third-order valence-corrected chi connectivity index (χ3v) is 5.44. The Morgan fingerprint density at radius 1 is 0.964 bits per heavy atom. The number of likely N-dealkylation sites (tertiary alicyclic amines) is 1. The van der Waals surface area contributed by atoms with Crippen molar-refractivity contribution >= 4 is 29.3 Å². The summed E-state index contributed by atoms with van der Waals surface area (Å²) in [5.74, 6) is -0.0117. The Labute approximate surface area is 167 Å². The molecule has 2 aromatic rings. The number of carbonyl (C=O) groups is 3. The number of benzene rings is 2. The normalized spacial score (nSPS) is 17.0. The number of ether oxygens (including phenoxy) is 1. The Bertz CT molecular complexity index is 885. The summed E-state index contributed by atoms with van der Waals surface area (Å²) < 4.78 is 5.51. The first-order chi connectivity index (χ1) is 13.5. The van der Waals surface area contributed by atoms with Gasteiger partial charge in [-0.1, -0.05) is 23.7 Å². The highest BCUT2D eigenvalue weighted by Crippen LogP contribution is 2.28. The largest absolute Gasteiger partial charge is 0.484 e. The molecule has 1 fully saturated rings. The van der Waals surface area contributed by atoms with Crippen LogP contribution >= 0.6 is 11.6 Å². The monoisotopic (exact) mass is 398 g/mol. The van der Waals surface area contributed by atoms with Crippen molar-refractivity contribution in [2.75, 3.05) is 19.7 Å². The minimum atomic E-state index is -0.239. The van der Waals surface area contributed by atoms with Gasteiger partial charge >= 0.3 is 0 Å². The van der Waals surface area contributed by atoms with Crippen molar-refractivity contribution in [2.24, 2.45) is 0 Å². The van der Waals surface area contributed by atoms with Crippen LogP contribution in [-0.2, 0) is 4.79 Å². The molecule has 2 aromatic carbocycles.